The molecule has 4 saturated carbocycles. The van der Waals surface area contributed by atoms with E-state index in [2.05, 4.69) is 13.8 Å². The molecule has 5 rings (SSSR count). The van der Waals surface area contributed by atoms with Crippen LogP contribution in [0.2, 0.25) is 0 Å². The van der Waals surface area contributed by atoms with E-state index in [-0.39, 0.29) is 5.79 Å². The van der Waals surface area contributed by atoms with Crippen LogP contribution in [-0.4, -0.2) is 19.0 Å². The summed E-state index contributed by atoms with van der Waals surface area (Å²) < 4.78 is 12.1. The van der Waals surface area contributed by atoms with E-state index in [0.717, 1.165) is 25.0 Å². The Bertz CT molecular complexity index is 347. The molecular weight excluding hydrogens is 212 g/mol. The molecule has 0 radical (unpaired) electrons. The SMILES string of the molecule is CCC12CC3CC(C1)C(C1(C)OCCO1)(C3)C2. The number of hydrogen-bond acceptors (Lipinski definition) is 2. The van der Waals surface area contributed by atoms with Crippen molar-refractivity contribution in [2.75, 3.05) is 13.2 Å². The lowest BCUT2D eigenvalue weighted by molar-refractivity contribution is -0.237. The highest BCUT2D eigenvalue weighted by molar-refractivity contribution is 5.17. The normalized spacial score (nSPS) is 54.7. The highest BCUT2D eigenvalue weighted by Gasteiger charge is 2.70. The third-order valence-electron chi connectivity index (χ3n) is 6.64. The topological polar surface area (TPSA) is 18.5 Å². The molecule has 2 nitrogen and oxygen atoms in total. The zero-order valence-electron chi connectivity index (χ0n) is 11.1. The van der Waals surface area contributed by atoms with Gasteiger partial charge in [0.15, 0.2) is 5.79 Å². The summed E-state index contributed by atoms with van der Waals surface area (Å²) in [6.07, 6.45) is 8.48. The zero-order valence-corrected chi connectivity index (χ0v) is 11.1. The molecule has 2 heteroatoms. The van der Waals surface area contributed by atoms with Crippen molar-refractivity contribution in [2.24, 2.45) is 22.7 Å². The van der Waals surface area contributed by atoms with E-state index in [1.165, 1.54) is 38.5 Å². The molecule has 0 aromatic rings. The van der Waals surface area contributed by atoms with E-state index >= 15 is 0 Å². The van der Waals surface area contributed by atoms with Crippen LogP contribution in [-0.2, 0) is 9.47 Å². The van der Waals surface area contributed by atoms with Gasteiger partial charge >= 0.3 is 0 Å². The molecule has 4 aliphatic carbocycles. The van der Waals surface area contributed by atoms with Gasteiger partial charge in [0.2, 0.25) is 0 Å². The Balaban J connectivity index is 1.75. The fourth-order valence-electron chi connectivity index (χ4n) is 6.01. The maximum Gasteiger partial charge on any atom is 0.171 e. The fourth-order valence-corrected chi connectivity index (χ4v) is 6.01. The summed E-state index contributed by atoms with van der Waals surface area (Å²) in [5, 5.41) is 0. The molecular formula is C15H24O2. The van der Waals surface area contributed by atoms with Crippen LogP contribution >= 0.6 is 0 Å². The predicted molar refractivity (Wildman–Crippen MR) is 65.5 cm³/mol. The van der Waals surface area contributed by atoms with Crippen molar-refractivity contribution >= 4 is 0 Å². The van der Waals surface area contributed by atoms with Crippen LogP contribution in [0.5, 0.6) is 0 Å². The third-order valence-corrected chi connectivity index (χ3v) is 6.64. The maximum atomic E-state index is 6.07. The van der Waals surface area contributed by atoms with Crippen LogP contribution < -0.4 is 0 Å². The molecule has 96 valence electrons. The molecule has 5 aliphatic rings. The maximum absolute atomic E-state index is 6.07. The lowest BCUT2D eigenvalue weighted by Gasteiger charge is -2.47. The van der Waals surface area contributed by atoms with Gasteiger partial charge in [0, 0.05) is 5.41 Å². The highest BCUT2D eigenvalue weighted by Crippen LogP contribution is 2.75. The summed E-state index contributed by atoms with van der Waals surface area (Å²) >= 11 is 0. The van der Waals surface area contributed by atoms with Crippen molar-refractivity contribution in [3.05, 3.63) is 0 Å². The lowest BCUT2D eigenvalue weighted by atomic mass is 9.63. The summed E-state index contributed by atoms with van der Waals surface area (Å²) in [6, 6.07) is 0. The van der Waals surface area contributed by atoms with Gasteiger partial charge in [-0.05, 0) is 56.3 Å². The summed E-state index contributed by atoms with van der Waals surface area (Å²) in [4.78, 5) is 0. The smallest absolute Gasteiger partial charge is 0.171 e. The first-order chi connectivity index (χ1) is 8.12. The predicted octanol–water partition coefficient (Wildman–Crippen LogP) is 3.36. The van der Waals surface area contributed by atoms with Gasteiger partial charge in [-0.25, -0.2) is 0 Å². The molecule has 17 heavy (non-hydrogen) atoms. The van der Waals surface area contributed by atoms with Gasteiger partial charge < -0.3 is 9.47 Å². The Morgan fingerprint density at radius 2 is 1.88 bits per heavy atom. The highest BCUT2D eigenvalue weighted by atomic mass is 16.7. The molecule has 4 atom stereocenters. The van der Waals surface area contributed by atoms with Crippen molar-refractivity contribution in [2.45, 2.75) is 58.2 Å². The standard InChI is InChI=1S/C15H24O2/c1-3-14-7-11-6-12(9-14)15(8-11,10-14)13(2)16-4-5-17-13/h11-12H,3-10H2,1-2H3. The molecule has 5 fully saturated rings. The van der Waals surface area contributed by atoms with Crippen LogP contribution in [0.4, 0.5) is 0 Å². The molecule has 0 spiro atoms. The fraction of sp³-hybridized carbons (Fsp3) is 1.00. The van der Waals surface area contributed by atoms with Crippen LogP contribution in [0.15, 0.2) is 0 Å². The molecule has 0 aromatic heterocycles. The minimum atomic E-state index is -0.260. The molecule has 0 N–H and O–H groups in total. The number of hydrogen-bond donors (Lipinski definition) is 0. The molecule has 0 aromatic carbocycles. The van der Waals surface area contributed by atoms with Gasteiger partial charge in [0.1, 0.15) is 0 Å². The summed E-state index contributed by atoms with van der Waals surface area (Å²) in [5.41, 5.74) is 1.01. The largest absolute Gasteiger partial charge is 0.347 e. The zero-order chi connectivity index (χ0) is 11.7. The van der Waals surface area contributed by atoms with Crippen molar-refractivity contribution < 1.29 is 9.47 Å². The van der Waals surface area contributed by atoms with Crippen LogP contribution in [0.25, 0.3) is 0 Å². The second-order valence-corrected chi connectivity index (χ2v) is 7.24. The van der Waals surface area contributed by atoms with Crippen molar-refractivity contribution in [1.29, 1.82) is 0 Å². The van der Waals surface area contributed by atoms with Crippen molar-refractivity contribution in [3.63, 3.8) is 0 Å². The Labute approximate surface area is 104 Å². The first-order valence-corrected chi connectivity index (χ1v) is 7.39. The second kappa shape index (κ2) is 3.08. The third kappa shape index (κ3) is 1.14. The molecule has 1 aliphatic heterocycles. The van der Waals surface area contributed by atoms with Crippen LogP contribution in [0, 0.1) is 22.7 Å². The van der Waals surface area contributed by atoms with Crippen LogP contribution in [0.1, 0.15) is 52.4 Å². The van der Waals surface area contributed by atoms with Gasteiger partial charge in [0.25, 0.3) is 0 Å². The van der Waals surface area contributed by atoms with Gasteiger partial charge in [-0.1, -0.05) is 13.3 Å². The van der Waals surface area contributed by atoms with E-state index < -0.39 is 0 Å². The van der Waals surface area contributed by atoms with Gasteiger partial charge in [-0.3, -0.25) is 0 Å². The van der Waals surface area contributed by atoms with E-state index in [9.17, 15) is 0 Å². The quantitative estimate of drug-likeness (QED) is 0.732. The summed E-state index contributed by atoms with van der Waals surface area (Å²) in [6.45, 7) is 6.22. The first-order valence-electron chi connectivity index (χ1n) is 7.39. The number of ether oxygens (including phenoxy) is 2. The van der Waals surface area contributed by atoms with E-state index in [0.29, 0.717) is 10.8 Å². The van der Waals surface area contributed by atoms with E-state index in [1.54, 1.807) is 0 Å². The van der Waals surface area contributed by atoms with E-state index in [4.69, 9.17) is 9.47 Å². The second-order valence-electron chi connectivity index (χ2n) is 7.24. The van der Waals surface area contributed by atoms with E-state index in [1.807, 2.05) is 0 Å². The Morgan fingerprint density at radius 1 is 1.12 bits per heavy atom. The van der Waals surface area contributed by atoms with Gasteiger partial charge in [0.05, 0.1) is 13.2 Å². The lowest BCUT2D eigenvalue weighted by Crippen LogP contribution is -2.48. The van der Waals surface area contributed by atoms with Crippen molar-refractivity contribution in [3.8, 4) is 0 Å². The summed E-state index contributed by atoms with van der Waals surface area (Å²) in [7, 11) is 0. The Kier molecular flexibility index (Phi) is 1.96. The summed E-state index contributed by atoms with van der Waals surface area (Å²) in [5.74, 6) is 1.58. The molecule has 0 amide bonds. The van der Waals surface area contributed by atoms with Gasteiger partial charge in [-0.2, -0.15) is 0 Å². The monoisotopic (exact) mass is 236 g/mol. The minimum Gasteiger partial charge on any atom is -0.347 e. The minimum absolute atomic E-state index is 0.260. The van der Waals surface area contributed by atoms with Gasteiger partial charge in [-0.15, -0.1) is 0 Å². The average Bonchev–Trinajstić information content (AvgIpc) is 2.91. The molecule has 1 saturated heterocycles. The molecule has 4 unspecified atom stereocenters. The first kappa shape index (κ1) is 10.8. The average molecular weight is 236 g/mol. The molecule has 4 bridgehead atoms. The number of rotatable bonds is 2. The Hall–Kier alpha value is -0.0800. The van der Waals surface area contributed by atoms with Crippen molar-refractivity contribution in [1.82, 2.24) is 0 Å². The Morgan fingerprint density at radius 3 is 2.59 bits per heavy atom. The van der Waals surface area contributed by atoms with Crippen LogP contribution in [0.3, 0.4) is 0 Å². The molecule has 1 heterocycles.